The first kappa shape index (κ1) is 89.2. The number of hydrogen-bond acceptors (Lipinski definition) is 0. The van der Waals surface area contributed by atoms with Crippen LogP contribution in [0.2, 0.25) is 0 Å². The van der Waals surface area contributed by atoms with Crippen LogP contribution in [-0.2, 0) is 82.6 Å². The van der Waals surface area contributed by atoms with Gasteiger partial charge in [-0.25, -0.2) is 0 Å². The number of benzene rings is 4. The standard InChI is InChI=1S/2C28H36.C28H28.2C4H10N.4CH3.2ClH.2Zr/c3*1-2-3-11-22-20-27(25-17-8-7-16-24(22)25)28(23-14-5-6-15-23)19-10-13-21-12-4-9-18-26(21)28;2*1-3-5-4-2;;;;;;;;/h2*2,4,7-9,12,16-18,22-25,27H,1,3,5-6,10-11,13-15,19-20H2;2,4-9,12,14-18,20,23,27H,1,3,10-11,13,19H2;2*3-4H2,1-2H3;4*1H3;2*1H;;/q;;;6*-1;;;2*+4/p-2. The third-order valence-corrected chi connectivity index (χ3v) is 25.6. The van der Waals surface area contributed by atoms with E-state index in [0.29, 0.717) is 22.7 Å². The van der Waals surface area contributed by atoms with Gasteiger partial charge in [0.1, 0.15) is 0 Å². The molecular weight excluding hydrogens is 1430 g/mol. The van der Waals surface area contributed by atoms with Crippen molar-refractivity contribution in [1.29, 1.82) is 0 Å². The molecular formula is C96H132Cl2N2Zr2. The average molecular weight is 1570 g/mol. The van der Waals surface area contributed by atoms with Gasteiger partial charge in [0.15, 0.2) is 0 Å². The molecule has 0 bridgehead atoms. The quantitative estimate of drug-likeness (QED) is 0.0661. The number of nitrogens with zero attached hydrogens (tertiary/aromatic N) is 2. The molecule has 4 aromatic rings. The maximum Gasteiger partial charge on any atom is 4.00 e. The van der Waals surface area contributed by atoms with Gasteiger partial charge in [-0.2, -0.15) is 26.2 Å². The summed E-state index contributed by atoms with van der Waals surface area (Å²) in [5, 5.41) is 7.94. The molecule has 11 aliphatic rings. The van der Waals surface area contributed by atoms with Crippen LogP contribution in [0.4, 0.5) is 0 Å². The van der Waals surface area contributed by atoms with Crippen molar-refractivity contribution in [3.05, 3.63) is 299 Å². The molecule has 0 saturated heterocycles. The molecule has 0 radical (unpaired) electrons. The molecule has 548 valence electrons. The molecule has 4 aromatic carbocycles. The number of hydrogen-bond donors (Lipinski definition) is 0. The van der Waals surface area contributed by atoms with Gasteiger partial charge in [0.05, 0.1) is 0 Å². The van der Waals surface area contributed by atoms with E-state index in [2.05, 4.69) is 219 Å². The summed E-state index contributed by atoms with van der Waals surface area (Å²) in [6.45, 7) is 24.0. The molecule has 0 aliphatic heterocycles. The number of rotatable bonds is 19. The van der Waals surface area contributed by atoms with Gasteiger partial charge in [-0.05, 0) is 244 Å². The van der Waals surface area contributed by atoms with E-state index in [4.69, 9.17) is 17.0 Å². The van der Waals surface area contributed by atoms with Crippen molar-refractivity contribution in [1.82, 2.24) is 0 Å². The Kier molecular flexibility index (Phi) is 39.7. The topological polar surface area (TPSA) is 28.2 Å². The summed E-state index contributed by atoms with van der Waals surface area (Å²) >= 11 is -0.826. The maximum absolute atomic E-state index is 4.93. The van der Waals surface area contributed by atoms with Crippen LogP contribution in [0.25, 0.3) is 16.2 Å². The first-order valence-corrected chi connectivity index (χ1v) is 45.3. The van der Waals surface area contributed by atoms with E-state index in [1.807, 2.05) is 33.8 Å². The third-order valence-electron chi connectivity index (χ3n) is 25.6. The minimum absolute atomic E-state index is 0. The van der Waals surface area contributed by atoms with Crippen molar-refractivity contribution < 1.29 is 47.1 Å². The molecule has 15 rings (SSSR count). The summed E-state index contributed by atoms with van der Waals surface area (Å²) in [4.78, 5) is 0. The summed E-state index contributed by atoms with van der Waals surface area (Å²) in [7, 11) is 9.87. The Morgan fingerprint density at radius 2 is 0.804 bits per heavy atom. The van der Waals surface area contributed by atoms with Crippen molar-refractivity contribution in [3.63, 3.8) is 0 Å². The van der Waals surface area contributed by atoms with Crippen LogP contribution < -0.4 is 0 Å². The molecule has 0 aromatic heterocycles. The fraction of sp³-hybridized carbons (Fsp3) is 0.500. The van der Waals surface area contributed by atoms with Gasteiger partial charge < -0.3 is 40.3 Å². The van der Waals surface area contributed by atoms with Gasteiger partial charge in [0.25, 0.3) is 0 Å². The normalized spacial score (nSPS) is 28.2. The van der Waals surface area contributed by atoms with Crippen LogP contribution in [-0.4, -0.2) is 26.2 Å². The zero-order valence-electron chi connectivity index (χ0n) is 64.7. The van der Waals surface area contributed by atoms with Gasteiger partial charge in [0.2, 0.25) is 0 Å². The molecule has 4 fully saturated rings. The second kappa shape index (κ2) is 45.4. The minimum atomic E-state index is -0.826. The third kappa shape index (κ3) is 19.9. The van der Waals surface area contributed by atoms with Gasteiger partial charge in [-0.15, -0.1) is 19.7 Å². The van der Waals surface area contributed by atoms with E-state index in [1.54, 1.807) is 33.4 Å². The zero-order valence-corrected chi connectivity index (χ0v) is 71.1. The fourth-order valence-electron chi connectivity index (χ4n) is 21.9. The summed E-state index contributed by atoms with van der Waals surface area (Å²) < 4.78 is 0. The molecule has 0 amide bonds. The maximum atomic E-state index is 4.93. The predicted octanol–water partition coefficient (Wildman–Crippen LogP) is 27.9. The Bertz CT molecular complexity index is 3200. The van der Waals surface area contributed by atoms with Crippen LogP contribution in [0.5, 0.6) is 0 Å². The van der Waals surface area contributed by atoms with Crippen LogP contribution in [0, 0.1) is 94.8 Å². The van der Waals surface area contributed by atoms with E-state index in [1.165, 1.54) is 164 Å². The van der Waals surface area contributed by atoms with E-state index >= 15 is 0 Å². The summed E-state index contributed by atoms with van der Waals surface area (Å²) in [6.07, 6.45) is 71.4. The van der Waals surface area contributed by atoms with E-state index < -0.39 is 20.8 Å². The minimum Gasteiger partial charge on any atom is 4.00 e. The van der Waals surface area contributed by atoms with E-state index in [9.17, 15) is 0 Å². The Balaban J connectivity index is 0.000000247. The Labute approximate surface area is 664 Å². The van der Waals surface area contributed by atoms with Crippen molar-refractivity contribution in [2.24, 2.45) is 65.1 Å². The molecule has 11 aliphatic carbocycles. The predicted molar refractivity (Wildman–Crippen MR) is 444 cm³/mol. The Hall–Kier alpha value is -3.45. The Morgan fingerprint density at radius 1 is 0.451 bits per heavy atom. The van der Waals surface area contributed by atoms with Crippen LogP contribution >= 0.6 is 17.0 Å². The second-order valence-electron chi connectivity index (χ2n) is 30.1. The first-order chi connectivity index (χ1) is 47.8. The molecule has 102 heavy (non-hydrogen) atoms. The van der Waals surface area contributed by atoms with Crippen LogP contribution in [0.15, 0.2) is 214 Å². The average Bonchev–Trinajstić information content (AvgIpc) is 1.40. The van der Waals surface area contributed by atoms with Gasteiger partial charge in [-0.3, -0.25) is 0 Å². The number of halogens is 2. The zero-order chi connectivity index (χ0) is 67.9. The molecule has 0 N–H and O–H groups in total. The summed E-state index contributed by atoms with van der Waals surface area (Å²) in [5.41, 5.74) is 15.4. The van der Waals surface area contributed by atoms with E-state index in [-0.39, 0.29) is 61.3 Å². The fourth-order valence-corrected chi connectivity index (χ4v) is 21.9. The van der Waals surface area contributed by atoms with Gasteiger partial charge in [0, 0.05) is 28.1 Å². The number of aryl methyl sites for hydroxylation is 3. The van der Waals surface area contributed by atoms with Crippen molar-refractivity contribution in [2.75, 3.05) is 26.2 Å². The van der Waals surface area contributed by atoms with E-state index in [0.717, 1.165) is 98.2 Å². The number of fused-ring (bicyclic) bond motifs is 6. The molecule has 6 heteroatoms. The first-order valence-electron chi connectivity index (χ1n) is 38.9. The largest absolute Gasteiger partial charge is 4.00 e. The van der Waals surface area contributed by atoms with Gasteiger partial charge >= 0.3 is 64.1 Å². The molecule has 12 unspecified atom stereocenters. The molecule has 0 spiro atoms. The van der Waals surface area contributed by atoms with Crippen LogP contribution in [0.3, 0.4) is 0 Å². The smallest absolute Gasteiger partial charge is 4.00 e. The molecule has 12 atom stereocenters. The number of allylic oxidation sites excluding steroid dienone is 17. The SMILES string of the molecule is C=CCCC1=CC(C2(C3C=CC=C3)CCCc3ccccc32)c2ccccc21.C=CCCC1CC(C2(C3CCCC3)CCCc3ccccc32)C2C=CC=CC12.C=CCCC1CC(C2(C3CCCC3)CCCc3ccccc32)C2C=CC=CC12.CC[N-]CC.CC[N-]CC.[CH3-].[CH3-].[CH3-].[CH3-].[Cl][Zr+2][Cl].[Zr+4]. The van der Waals surface area contributed by atoms with Gasteiger partial charge in [-0.1, -0.05) is 248 Å². The molecule has 2 nitrogen and oxygen atoms in total. The van der Waals surface area contributed by atoms with Crippen molar-refractivity contribution in [3.8, 4) is 0 Å². The summed E-state index contributed by atoms with van der Waals surface area (Å²) in [6, 6.07) is 37.5. The Morgan fingerprint density at radius 3 is 1.20 bits per heavy atom. The van der Waals surface area contributed by atoms with Crippen molar-refractivity contribution in [2.45, 2.75) is 210 Å². The monoisotopic (exact) mass is 1560 g/mol. The second-order valence-corrected chi connectivity index (χ2v) is 33.8. The molecule has 0 heterocycles. The van der Waals surface area contributed by atoms with Crippen molar-refractivity contribution >= 4 is 22.6 Å². The summed E-state index contributed by atoms with van der Waals surface area (Å²) in [5.74, 6) is 8.99. The van der Waals surface area contributed by atoms with Crippen LogP contribution in [0.1, 0.15) is 219 Å². The molecule has 4 saturated carbocycles.